The Morgan fingerprint density at radius 2 is 1.94 bits per heavy atom. The molecule has 160 valence electrons. The highest BCUT2D eigenvalue weighted by Gasteiger charge is 2.27. The van der Waals surface area contributed by atoms with E-state index in [-0.39, 0.29) is 11.8 Å². The van der Waals surface area contributed by atoms with E-state index in [9.17, 15) is 4.79 Å². The average molecular weight is 417 g/mol. The first kappa shape index (κ1) is 20.8. The molecule has 6 nitrogen and oxygen atoms in total. The number of rotatable bonds is 5. The summed E-state index contributed by atoms with van der Waals surface area (Å²) in [4.78, 5) is 24.1. The second-order valence-electron chi connectivity index (χ2n) is 8.01. The van der Waals surface area contributed by atoms with Crippen LogP contribution in [-0.2, 0) is 4.79 Å². The van der Waals surface area contributed by atoms with Crippen molar-refractivity contribution in [3.8, 4) is 17.0 Å². The summed E-state index contributed by atoms with van der Waals surface area (Å²) < 4.78 is 5.24. The quantitative estimate of drug-likeness (QED) is 0.657. The van der Waals surface area contributed by atoms with Gasteiger partial charge in [0.15, 0.2) is 0 Å². The minimum atomic E-state index is -0.0759. The molecule has 1 aromatic heterocycles. The number of nitrogens with zero attached hydrogens (tertiary/aromatic N) is 3. The van der Waals surface area contributed by atoms with Gasteiger partial charge in [-0.15, -0.1) is 0 Å². The van der Waals surface area contributed by atoms with E-state index < -0.39 is 0 Å². The molecule has 2 heterocycles. The van der Waals surface area contributed by atoms with Gasteiger partial charge in [0.25, 0.3) is 0 Å². The van der Waals surface area contributed by atoms with Crippen molar-refractivity contribution in [2.75, 3.05) is 30.4 Å². The molecule has 0 unspecified atom stereocenters. The predicted octanol–water partition coefficient (Wildman–Crippen LogP) is 4.62. The molecule has 6 heteroatoms. The number of nitrogens with one attached hydrogen (secondary N) is 1. The SMILES string of the molecule is COc1ccc(-c2cc(N3CCC[C@@H](C(=O)Nc4cccc(C)c4C)C3)ncn2)cc1. The Bertz CT molecular complexity index is 1070. The van der Waals surface area contributed by atoms with Crippen molar-refractivity contribution in [3.05, 3.63) is 66.0 Å². The van der Waals surface area contributed by atoms with Gasteiger partial charge in [-0.3, -0.25) is 4.79 Å². The normalized spacial score (nSPS) is 16.1. The zero-order valence-corrected chi connectivity index (χ0v) is 18.3. The van der Waals surface area contributed by atoms with Crippen molar-refractivity contribution in [2.24, 2.45) is 5.92 Å². The number of carbonyl (C=O) groups excluding carboxylic acids is 1. The lowest BCUT2D eigenvalue weighted by molar-refractivity contribution is -0.120. The van der Waals surface area contributed by atoms with Crippen LogP contribution in [0.15, 0.2) is 54.9 Å². The molecule has 0 saturated carbocycles. The summed E-state index contributed by atoms with van der Waals surface area (Å²) in [6.45, 7) is 5.63. The van der Waals surface area contributed by atoms with Crippen LogP contribution < -0.4 is 15.0 Å². The Hall–Kier alpha value is -3.41. The van der Waals surface area contributed by atoms with E-state index >= 15 is 0 Å². The minimum absolute atomic E-state index is 0.0721. The van der Waals surface area contributed by atoms with E-state index in [0.29, 0.717) is 6.54 Å². The van der Waals surface area contributed by atoms with E-state index in [0.717, 1.165) is 53.5 Å². The van der Waals surface area contributed by atoms with Gasteiger partial charge in [-0.25, -0.2) is 9.97 Å². The summed E-state index contributed by atoms with van der Waals surface area (Å²) in [7, 11) is 1.65. The smallest absolute Gasteiger partial charge is 0.229 e. The molecular formula is C25H28N4O2. The lowest BCUT2D eigenvalue weighted by Gasteiger charge is -2.33. The maximum absolute atomic E-state index is 13.0. The van der Waals surface area contributed by atoms with Crippen LogP contribution >= 0.6 is 0 Å². The zero-order chi connectivity index (χ0) is 21.8. The van der Waals surface area contributed by atoms with Crippen LogP contribution in [0.2, 0.25) is 0 Å². The van der Waals surface area contributed by atoms with Crippen molar-refractivity contribution < 1.29 is 9.53 Å². The molecule has 4 rings (SSSR count). The first-order valence-electron chi connectivity index (χ1n) is 10.6. The molecular weight excluding hydrogens is 388 g/mol. The molecule has 31 heavy (non-hydrogen) atoms. The standard InChI is InChI=1S/C25H28N4O2/c1-17-6-4-8-22(18(17)2)28-25(30)20-7-5-13-29(15-20)24-14-23(26-16-27-24)19-9-11-21(31-3)12-10-19/h4,6,8-12,14,16,20H,5,7,13,15H2,1-3H3,(H,28,30)/t20-/m1/s1. The summed E-state index contributed by atoms with van der Waals surface area (Å²) in [5.74, 6) is 1.66. The van der Waals surface area contributed by atoms with Crippen molar-refractivity contribution in [3.63, 3.8) is 0 Å². The second-order valence-corrected chi connectivity index (χ2v) is 8.01. The molecule has 0 aliphatic carbocycles. The number of benzene rings is 2. The summed E-state index contributed by atoms with van der Waals surface area (Å²) in [5, 5.41) is 3.13. The molecule has 1 amide bonds. The minimum Gasteiger partial charge on any atom is -0.497 e. The number of methoxy groups -OCH3 is 1. The highest BCUT2D eigenvalue weighted by molar-refractivity contribution is 5.93. The molecule has 1 atom stereocenters. The number of aryl methyl sites for hydroxylation is 1. The van der Waals surface area contributed by atoms with E-state index in [4.69, 9.17) is 4.74 Å². The summed E-state index contributed by atoms with van der Waals surface area (Å²) >= 11 is 0. The molecule has 1 fully saturated rings. The summed E-state index contributed by atoms with van der Waals surface area (Å²) in [6, 6.07) is 15.8. The third-order valence-corrected chi connectivity index (χ3v) is 6.02. The Morgan fingerprint density at radius 1 is 1.13 bits per heavy atom. The number of amides is 1. The molecule has 0 radical (unpaired) electrons. The number of ether oxygens (including phenoxy) is 1. The van der Waals surface area contributed by atoms with Crippen LogP contribution in [0.3, 0.4) is 0 Å². The van der Waals surface area contributed by atoms with E-state index in [1.54, 1.807) is 13.4 Å². The van der Waals surface area contributed by atoms with Crippen molar-refractivity contribution >= 4 is 17.4 Å². The fourth-order valence-corrected chi connectivity index (χ4v) is 3.96. The third kappa shape index (κ3) is 4.68. The van der Waals surface area contributed by atoms with Gasteiger partial charge in [0, 0.05) is 30.4 Å². The highest BCUT2D eigenvalue weighted by Crippen LogP contribution is 2.27. The zero-order valence-electron chi connectivity index (χ0n) is 18.3. The van der Waals surface area contributed by atoms with Crippen LogP contribution in [0.5, 0.6) is 5.75 Å². The van der Waals surface area contributed by atoms with Gasteiger partial charge < -0.3 is 15.0 Å². The molecule has 3 aromatic rings. The van der Waals surface area contributed by atoms with E-state index in [1.165, 1.54) is 5.56 Å². The number of carbonyl (C=O) groups is 1. The van der Waals surface area contributed by atoms with Gasteiger partial charge in [0.1, 0.15) is 17.9 Å². The van der Waals surface area contributed by atoms with Gasteiger partial charge in [0.05, 0.1) is 18.7 Å². The molecule has 0 bridgehead atoms. The molecule has 1 N–H and O–H groups in total. The predicted molar refractivity (Wildman–Crippen MR) is 124 cm³/mol. The highest BCUT2D eigenvalue weighted by atomic mass is 16.5. The summed E-state index contributed by atoms with van der Waals surface area (Å²) in [6.07, 6.45) is 3.42. The number of aromatic nitrogens is 2. The largest absolute Gasteiger partial charge is 0.497 e. The van der Waals surface area contributed by atoms with Gasteiger partial charge in [-0.05, 0) is 68.1 Å². The fraction of sp³-hybridized carbons (Fsp3) is 0.320. The van der Waals surface area contributed by atoms with Crippen LogP contribution in [0.4, 0.5) is 11.5 Å². The van der Waals surface area contributed by atoms with Crippen molar-refractivity contribution in [1.82, 2.24) is 9.97 Å². The molecule has 2 aromatic carbocycles. The van der Waals surface area contributed by atoms with Gasteiger partial charge in [-0.2, -0.15) is 0 Å². The monoisotopic (exact) mass is 416 g/mol. The molecule has 0 spiro atoms. The van der Waals surface area contributed by atoms with Gasteiger partial charge in [0.2, 0.25) is 5.91 Å². The van der Waals surface area contributed by atoms with Crippen LogP contribution in [-0.4, -0.2) is 36.1 Å². The first-order valence-corrected chi connectivity index (χ1v) is 10.6. The first-order chi connectivity index (χ1) is 15.0. The molecule has 1 aliphatic rings. The number of hydrogen-bond acceptors (Lipinski definition) is 5. The lowest BCUT2D eigenvalue weighted by Crippen LogP contribution is -2.41. The molecule has 1 aliphatic heterocycles. The van der Waals surface area contributed by atoms with E-state index in [1.807, 2.05) is 49.4 Å². The Balaban J connectivity index is 1.48. The second kappa shape index (κ2) is 9.16. The third-order valence-electron chi connectivity index (χ3n) is 6.02. The summed E-state index contributed by atoms with van der Waals surface area (Å²) in [5.41, 5.74) is 5.05. The van der Waals surface area contributed by atoms with E-state index in [2.05, 4.69) is 33.2 Å². The fourth-order valence-electron chi connectivity index (χ4n) is 3.96. The van der Waals surface area contributed by atoms with Crippen molar-refractivity contribution in [2.45, 2.75) is 26.7 Å². The maximum Gasteiger partial charge on any atom is 0.229 e. The lowest BCUT2D eigenvalue weighted by atomic mass is 9.96. The Morgan fingerprint density at radius 3 is 2.71 bits per heavy atom. The van der Waals surface area contributed by atoms with Gasteiger partial charge >= 0.3 is 0 Å². The number of anilines is 2. The maximum atomic E-state index is 13.0. The van der Waals surface area contributed by atoms with Crippen LogP contribution in [0, 0.1) is 19.8 Å². The molecule has 1 saturated heterocycles. The van der Waals surface area contributed by atoms with Crippen LogP contribution in [0.1, 0.15) is 24.0 Å². The Labute approximate surface area is 183 Å². The number of piperidine rings is 1. The topological polar surface area (TPSA) is 67.3 Å². The average Bonchev–Trinajstić information content (AvgIpc) is 2.82. The van der Waals surface area contributed by atoms with Gasteiger partial charge in [-0.1, -0.05) is 12.1 Å². The Kier molecular flexibility index (Phi) is 6.16. The van der Waals surface area contributed by atoms with Crippen molar-refractivity contribution in [1.29, 1.82) is 0 Å². The number of hydrogen-bond donors (Lipinski definition) is 1. The van der Waals surface area contributed by atoms with Crippen LogP contribution in [0.25, 0.3) is 11.3 Å².